The van der Waals surface area contributed by atoms with E-state index in [1.165, 1.54) is 29.9 Å². The molecule has 3 aliphatic carbocycles. The fraction of sp³-hybridized carbons (Fsp3) is 0.520. The Balaban J connectivity index is 0.963. The average molecular weight is 893 g/mol. The van der Waals surface area contributed by atoms with E-state index in [4.69, 9.17) is 35.9 Å². The van der Waals surface area contributed by atoms with Crippen molar-refractivity contribution < 1.29 is 41.0 Å². The van der Waals surface area contributed by atoms with E-state index in [9.17, 15) is 20.5 Å². The molecule has 3 aliphatic heterocycles. The largest absolute Gasteiger partial charge is 0.453 e. The molecule has 4 atom stereocenters. The van der Waals surface area contributed by atoms with E-state index < -0.39 is 73.1 Å². The summed E-state index contributed by atoms with van der Waals surface area (Å²) >= 11 is 0. The molecule has 15 nitrogen and oxygen atoms in total. The minimum absolute atomic E-state index is 0.0456. The third-order valence-corrected chi connectivity index (χ3v) is 13.6. The monoisotopic (exact) mass is 893 g/mol. The molecule has 4 aromatic rings. The Labute approximate surface area is 392 Å². The number of alkyl carbamates (subject to hydrolysis) is 2. The maximum absolute atomic E-state index is 14.5. The molecule has 2 saturated heterocycles. The summed E-state index contributed by atoms with van der Waals surface area (Å²) in [5, 5.41) is 14.2. The van der Waals surface area contributed by atoms with Gasteiger partial charge in [-0.3, -0.25) is 14.6 Å². The van der Waals surface area contributed by atoms with Crippen LogP contribution in [0.5, 0.6) is 0 Å². The van der Waals surface area contributed by atoms with Gasteiger partial charge < -0.3 is 34.9 Å². The molecule has 2 aromatic carbocycles. The van der Waals surface area contributed by atoms with E-state index in [-0.39, 0.29) is 12.5 Å². The number of aromatic nitrogens is 4. The Bertz CT molecular complexity index is 2950. The quantitative estimate of drug-likeness (QED) is 0.141. The van der Waals surface area contributed by atoms with Gasteiger partial charge in [-0.2, -0.15) is 0 Å². The van der Waals surface area contributed by atoms with Gasteiger partial charge in [-0.05, 0) is 109 Å². The predicted molar refractivity (Wildman–Crippen MR) is 248 cm³/mol. The Morgan fingerprint density at radius 2 is 1.38 bits per heavy atom. The molecule has 65 heavy (non-hydrogen) atoms. The molecule has 10 rings (SSSR count). The molecule has 3 fully saturated rings. The fourth-order valence-corrected chi connectivity index (χ4v) is 10.4. The Kier molecular flexibility index (Phi) is 9.32. The molecule has 342 valence electrons. The maximum atomic E-state index is 14.5. The lowest BCUT2D eigenvalue weighted by Crippen LogP contribution is -2.54. The zero-order valence-electron chi connectivity index (χ0n) is 46.3. The average Bonchev–Trinajstić information content (AvgIpc) is 4.21. The number of hydrogen-bond acceptors (Lipinski definition) is 10. The first-order chi connectivity index (χ1) is 34.8. The molecule has 5 heterocycles. The normalized spacial score (nSPS) is 26.0. The zero-order valence-corrected chi connectivity index (χ0v) is 37.3. The topological polar surface area (TPSA) is 184 Å². The Morgan fingerprint density at radius 1 is 0.800 bits per heavy atom. The second-order valence-electron chi connectivity index (χ2n) is 18.1. The van der Waals surface area contributed by atoms with Crippen molar-refractivity contribution in [1.29, 1.82) is 0 Å². The molecule has 0 spiro atoms. The smallest absolute Gasteiger partial charge is 0.407 e. The van der Waals surface area contributed by atoms with Crippen molar-refractivity contribution in [3.8, 4) is 22.5 Å². The summed E-state index contributed by atoms with van der Waals surface area (Å²) in [4.78, 5) is 69.1. The van der Waals surface area contributed by atoms with Gasteiger partial charge in [0.05, 0.1) is 51.5 Å². The van der Waals surface area contributed by atoms with Crippen molar-refractivity contribution >= 4 is 46.3 Å². The number of aromatic amines is 1. The molecule has 0 radical (unpaired) electrons. The van der Waals surface area contributed by atoms with E-state index in [2.05, 4.69) is 15.0 Å². The SMILES string of the molecule is [2H]C([2H])([2H])C(C)(C([2H])([2H])[2H])[C@]([2H])(NC(=O)OC)C(=O)N1CCC[C@H]1c1nc2ccc(-c3nnc(-c4ccc(C5=CN=C(C6CCCN6C(=O)[C@]([2H])(NC(=O)OC)C([2H])(C)C)C5)cc4)c4c3C3CCC4CC3)cc2[nH]1. The number of carbonyl (C=O) groups is 4. The highest BCUT2D eigenvalue weighted by Gasteiger charge is 2.43. The summed E-state index contributed by atoms with van der Waals surface area (Å²) in [6.07, 6.45) is 6.23. The molecule has 6 aliphatic rings. The van der Waals surface area contributed by atoms with Crippen LogP contribution in [0, 0.1) is 11.3 Å². The van der Waals surface area contributed by atoms with Gasteiger partial charge in [-0.1, -0.05) is 64.8 Å². The number of nitrogens with zero attached hydrogens (tertiary/aromatic N) is 6. The van der Waals surface area contributed by atoms with Crippen molar-refractivity contribution in [2.24, 2.45) is 16.3 Å². The molecule has 2 bridgehead atoms. The second kappa shape index (κ2) is 17.7. The number of methoxy groups -OCH3 is 2. The third kappa shape index (κ3) is 8.38. The Morgan fingerprint density at radius 3 is 2.02 bits per heavy atom. The number of rotatable bonds is 10. The zero-order chi connectivity index (χ0) is 53.5. The standard InChI is InChI=1S/C50H61N9O6/c1-27(2)41(54-48(62)64-6)46(60)58-22-8-10-37(58)36-25-33(26-51-36)28-12-18-31(19-13-28)42-39-29-14-16-30(17-15-29)40(39)43(57-56-42)32-20-21-34-35(24-32)53-45(52-34)38-11-9-23-59(38)47(61)44(50(3,4)5)55-49(63)65-7/h12-13,18-21,24,26-27,29-30,37-38,41,44H,8-11,14-17,22-23,25H2,1-7H3,(H,52,53)(H,54,62)(H,55,63)/t29?,30?,37?,38-,41+,44+/m0/s1/i3D3,4D3,27D,41D,44D. The van der Waals surface area contributed by atoms with Gasteiger partial charge >= 0.3 is 12.2 Å². The molecule has 3 N–H and O–H groups in total. The summed E-state index contributed by atoms with van der Waals surface area (Å²) in [6, 6.07) is 7.21. The van der Waals surface area contributed by atoms with Crippen molar-refractivity contribution in [2.75, 3.05) is 27.3 Å². The van der Waals surface area contributed by atoms with Crippen LogP contribution in [-0.2, 0) is 19.1 Å². The number of carbonyl (C=O) groups excluding carboxylic acids is 4. The second-order valence-corrected chi connectivity index (χ2v) is 18.1. The summed E-state index contributed by atoms with van der Waals surface area (Å²) in [6.45, 7) is -2.78. The molecule has 15 heteroatoms. The highest BCUT2D eigenvalue weighted by atomic mass is 16.5. The summed E-state index contributed by atoms with van der Waals surface area (Å²) in [7, 11) is 2.11. The number of nitrogens with one attached hydrogen (secondary N) is 3. The van der Waals surface area contributed by atoms with Crippen LogP contribution in [0.15, 0.2) is 53.7 Å². The summed E-state index contributed by atoms with van der Waals surface area (Å²) < 4.78 is 85.6. The van der Waals surface area contributed by atoms with Gasteiger partial charge in [0.1, 0.15) is 17.9 Å². The molecule has 1 saturated carbocycles. The van der Waals surface area contributed by atoms with Crippen LogP contribution in [0.1, 0.15) is 145 Å². The minimum atomic E-state index is -3.40. The first-order valence-electron chi connectivity index (χ1n) is 26.9. The fourth-order valence-electron chi connectivity index (χ4n) is 10.4. The lowest BCUT2D eigenvalue weighted by molar-refractivity contribution is -0.137. The van der Waals surface area contributed by atoms with Crippen molar-refractivity contribution in [3.05, 3.63) is 71.2 Å². The molecular weight excluding hydrogens is 823 g/mol. The number of fused-ring (bicyclic) bond motifs is 3. The number of benzene rings is 2. The lowest BCUT2D eigenvalue weighted by atomic mass is 9.65. The van der Waals surface area contributed by atoms with Crippen LogP contribution in [-0.4, -0.2) is 105 Å². The van der Waals surface area contributed by atoms with Gasteiger partial charge in [0.15, 0.2) is 0 Å². The number of amides is 4. The molecule has 2 aromatic heterocycles. The van der Waals surface area contributed by atoms with Crippen molar-refractivity contribution in [3.63, 3.8) is 0 Å². The predicted octanol–water partition coefficient (Wildman–Crippen LogP) is 8.43. The van der Waals surface area contributed by atoms with Crippen LogP contribution in [0.3, 0.4) is 0 Å². The van der Waals surface area contributed by atoms with Gasteiger partial charge in [-0.25, -0.2) is 14.6 Å². The van der Waals surface area contributed by atoms with Gasteiger partial charge in [0.25, 0.3) is 0 Å². The molecular formula is C50H61N9O6. The van der Waals surface area contributed by atoms with Crippen LogP contribution >= 0.6 is 0 Å². The summed E-state index contributed by atoms with van der Waals surface area (Å²) in [5.41, 5.74) is 6.53. The molecule has 4 amide bonds. The number of H-pyrrole nitrogens is 1. The van der Waals surface area contributed by atoms with E-state index in [1.807, 2.05) is 54.0 Å². The minimum Gasteiger partial charge on any atom is -0.453 e. The first kappa shape index (κ1) is 34.3. The maximum Gasteiger partial charge on any atom is 0.407 e. The van der Waals surface area contributed by atoms with Crippen LogP contribution in [0.2, 0.25) is 0 Å². The number of aliphatic imine (C=N–C) groups is 1. The van der Waals surface area contributed by atoms with Crippen molar-refractivity contribution in [2.45, 2.75) is 128 Å². The van der Waals surface area contributed by atoms with E-state index in [1.54, 1.807) is 4.90 Å². The van der Waals surface area contributed by atoms with E-state index >= 15 is 0 Å². The Hall–Kier alpha value is -6.12. The highest BCUT2D eigenvalue weighted by molar-refractivity contribution is 6.04. The number of likely N-dealkylation sites (tertiary alicyclic amines) is 2. The first-order valence-corrected chi connectivity index (χ1v) is 22.4. The van der Waals surface area contributed by atoms with Gasteiger partial charge in [0.2, 0.25) is 11.8 Å². The van der Waals surface area contributed by atoms with E-state index in [0.29, 0.717) is 61.4 Å². The van der Waals surface area contributed by atoms with Crippen molar-refractivity contribution in [1.82, 2.24) is 40.6 Å². The van der Waals surface area contributed by atoms with Crippen LogP contribution < -0.4 is 10.6 Å². The number of ether oxygens (including phenoxy) is 2. The van der Waals surface area contributed by atoms with Gasteiger partial charge in [0, 0.05) is 52.1 Å². The number of allylic oxidation sites excluding steroid dienone is 1. The van der Waals surface area contributed by atoms with Crippen LogP contribution in [0.25, 0.3) is 39.1 Å². The van der Waals surface area contributed by atoms with Crippen LogP contribution in [0.4, 0.5) is 9.59 Å². The number of imidazole rings is 1. The van der Waals surface area contributed by atoms with E-state index in [0.717, 1.165) is 86.2 Å². The third-order valence-electron chi connectivity index (χ3n) is 13.6. The van der Waals surface area contributed by atoms with Gasteiger partial charge in [-0.15, -0.1) is 10.2 Å². The summed E-state index contributed by atoms with van der Waals surface area (Å²) in [5.74, 6) is -2.67. The lowest BCUT2D eigenvalue weighted by Gasteiger charge is -2.40. The highest BCUT2D eigenvalue weighted by Crippen LogP contribution is 2.54. The number of hydrogen-bond donors (Lipinski definition) is 3. The molecule has 1 unspecified atom stereocenters.